The van der Waals surface area contributed by atoms with Crippen molar-refractivity contribution in [2.75, 3.05) is 24.2 Å². The molecule has 42 heavy (non-hydrogen) atoms. The summed E-state index contributed by atoms with van der Waals surface area (Å²) in [6.45, 7) is 2.04. The summed E-state index contributed by atoms with van der Waals surface area (Å²) >= 11 is 0. The molecule has 11 heteroatoms. The second-order valence-electron chi connectivity index (χ2n) is 9.71. The highest BCUT2D eigenvalue weighted by Gasteiger charge is 2.34. The first-order valence-electron chi connectivity index (χ1n) is 13.5. The van der Waals surface area contributed by atoms with E-state index in [2.05, 4.69) is 10.3 Å². The lowest BCUT2D eigenvalue weighted by molar-refractivity contribution is -0.116. The van der Waals surface area contributed by atoms with E-state index in [0.29, 0.717) is 51.1 Å². The number of carbonyl (C=O) groups is 4. The monoisotopic (exact) mass is 562 g/mol. The minimum absolute atomic E-state index is 0.121. The molecular formula is C31H26N6O5. The maximum absolute atomic E-state index is 12.8. The fourth-order valence-corrected chi connectivity index (χ4v) is 5.08. The number of rotatable bonds is 8. The van der Waals surface area contributed by atoms with Crippen molar-refractivity contribution < 1.29 is 23.9 Å². The van der Waals surface area contributed by atoms with Gasteiger partial charge in [-0.3, -0.25) is 23.9 Å². The molecule has 2 aromatic heterocycles. The fourth-order valence-electron chi connectivity index (χ4n) is 5.08. The van der Waals surface area contributed by atoms with Gasteiger partial charge in [0.2, 0.25) is 5.91 Å². The number of anilines is 2. The van der Waals surface area contributed by atoms with Crippen molar-refractivity contribution in [3.05, 3.63) is 89.5 Å². The molecule has 210 valence electrons. The minimum atomic E-state index is -0.589. The molecule has 0 atom stereocenters. The van der Waals surface area contributed by atoms with E-state index >= 15 is 0 Å². The number of para-hydroxylation sites is 2. The molecule has 3 amide bonds. The normalized spacial score (nSPS) is 12.6. The molecule has 0 radical (unpaired) electrons. The Morgan fingerprint density at radius 3 is 2.14 bits per heavy atom. The molecule has 6 rings (SSSR count). The van der Waals surface area contributed by atoms with E-state index in [-0.39, 0.29) is 48.7 Å². The summed E-state index contributed by atoms with van der Waals surface area (Å²) in [6, 6.07) is 20.9. The number of benzene rings is 3. The highest BCUT2D eigenvalue weighted by molar-refractivity contribution is 6.21. The van der Waals surface area contributed by atoms with Gasteiger partial charge in [-0.05, 0) is 61.9 Å². The number of nitrogens with two attached hydrogens (primary N) is 1. The van der Waals surface area contributed by atoms with Crippen LogP contribution in [0.1, 0.15) is 50.8 Å². The largest absolute Gasteiger partial charge is 0.462 e. The van der Waals surface area contributed by atoms with E-state index in [0.717, 1.165) is 0 Å². The van der Waals surface area contributed by atoms with Crippen molar-refractivity contribution >= 4 is 57.4 Å². The first-order chi connectivity index (χ1) is 20.4. The van der Waals surface area contributed by atoms with E-state index in [4.69, 9.17) is 15.5 Å². The van der Waals surface area contributed by atoms with Crippen LogP contribution in [0.3, 0.4) is 0 Å². The average Bonchev–Trinajstić information content (AvgIpc) is 3.41. The second kappa shape index (κ2) is 10.8. The molecule has 0 aliphatic carbocycles. The van der Waals surface area contributed by atoms with Crippen LogP contribution in [0.4, 0.5) is 11.5 Å². The molecular weight excluding hydrogens is 536 g/mol. The van der Waals surface area contributed by atoms with Gasteiger partial charge < -0.3 is 15.8 Å². The highest BCUT2D eigenvalue weighted by Crippen LogP contribution is 2.32. The molecule has 11 nitrogen and oxygen atoms in total. The maximum atomic E-state index is 12.8. The van der Waals surface area contributed by atoms with Crippen molar-refractivity contribution in [1.82, 2.24) is 19.4 Å². The molecule has 0 bridgehead atoms. The number of fused-ring (bicyclic) bond motifs is 3. The van der Waals surface area contributed by atoms with Gasteiger partial charge in [0, 0.05) is 24.3 Å². The van der Waals surface area contributed by atoms with Gasteiger partial charge >= 0.3 is 5.97 Å². The predicted molar refractivity (Wildman–Crippen MR) is 156 cm³/mol. The van der Waals surface area contributed by atoms with Gasteiger partial charge in [-0.15, -0.1) is 0 Å². The Morgan fingerprint density at radius 1 is 0.881 bits per heavy atom. The van der Waals surface area contributed by atoms with E-state index in [9.17, 15) is 19.2 Å². The van der Waals surface area contributed by atoms with Crippen LogP contribution < -0.4 is 11.1 Å². The van der Waals surface area contributed by atoms with Crippen molar-refractivity contribution in [3.63, 3.8) is 0 Å². The van der Waals surface area contributed by atoms with Crippen LogP contribution in [0.2, 0.25) is 0 Å². The summed E-state index contributed by atoms with van der Waals surface area (Å²) in [6.07, 6.45) is 0.445. The van der Waals surface area contributed by atoms with Crippen molar-refractivity contribution in [2.24, 2.45) is 0 Å². The fraction of sp³-hybridized carbons (Fsp3) is 0.161. The Hall–Kier alpha value is -5.58. The van der Waals surface area contributed by atoms with Crippen molar-refractivity contribution in [1.29, 1.82) is 0 Å². The van der Waals surface area contributed by atoms with Crippen molar-refractivity contribution in [2.45, 2.75) is 19.8 Å². The molecule has 1 aliphatic heterocycles. The molecule has 0 unspecified atom stereocenters. The number of carbonyl (C=O) groups excluding carboxylic acids is 4. The molecule has 0 saturated carbocycles. The lowest BCUT2D eigenvalue weighted by Gasteiger charge is -2.13. The van der Waals surface area contributed by atoms with Crippen molar-refractivity contribution in [3.8, 4) is 5.69 Å². The number of esters is 1. The Balaban J connectivity index is 1.18. The summed E-state index contributed by atoms with van der Waals surface area (Å²) in [5, 5.41) is 2.83. The standard InChI is InChI=1S/C31H26N6O5/c1-2-42-31(41)25-26-28(35-23-11-6-5-10-22(23)34-26)37(27(25)32)19-15-13-18(14-16-19)33-24(38)12-7-17-36-29(39)20-8-3-4-9-21(20)30(36)40/h3-6,8-11,13-16H,2,7,12,17,32H2,1H3,(H,33,38). The van der Waals surface area contributed by atoms with Crippen LogP contribution >= 0.6 is 0 Å². The first-order valence-corrected chi connectivity index (χ1v) is 13.5. The Labute approximate surface area is 239 Å². The molecule has 5 aromatic rings. The summed E-state index contributed by atoms with van der Waals surface area (Å²) in [7, 11) is 0. The van der Waals surface area contributed by atoms with Crippen LogP contribution in [0.15, 0.2) is 72.8 Å². The first kappa shape index (κ1) is 26.6. The summed E-state index contributed by atoms with van der Waals surface area (Å²) < 4.78 is 6.88. The topological polar surface area (TPSA) is 150 Å². The highest BCUT2D eigenvalue weighted by atomic mass is 16.5. The van der Waals surface area contributed by atoms with Gasteiger partial charge in [0.1, 0.15) is 16.9 Å². The Kier molecular flexibility index (Phi) is 6.83. The van der Waals surface area contributed by atoms with Crippen LogP contribution in [0.5, 0.6) is 0 Å². The summed E-state index contributed by atoms with van der Waals surface area (Å²) in [4.78, 5) is 61.1. The van der Waals surface area contributed by atoms with Gasteiger partial charge in [0.05, 0.1) is 28.8 Å². The number of aromatic nitrogens is 3. The third-order valence-corrected chi connectivity index (χ3v) is 7.05. The van der Waals surface area contributed by atoms with E-state index < -0.39 is 5.97 Å². The van der Waals surface area contributed by atoms with Gasteiger partial charge in [-0.25, -0.2) is 14.8 Å². The maximum Gasteiger partial charge on any atom is 0.344 e. The molecule has 0 fully saturated rings. The molecule has 0 spiro atoms. The molecule has 3 heterocycles. The van der Waals surface area contributed by atoms with Crippen LogP contribution in [-0.2, 0) is 9.53 Å². The zero-order chi connectivity index (χ0) is 29.4. The Morgan fingerprint density at radius 2 is 1.50 bits per heavy atom. The quantitative estimate of drug-likeness (QED) is 0.209. The Bertz CT molecular complexity index is 1860. The van der Waals surface area contributed by atoms with Gasteiger partial charge in [0.25, 0.3) is 11.8 Å². The van der Waals surface area contributed by atoms with Gasteiger partial charge in [-0.2, -0.15) is 0 Å². The van der Waals surface area contributed by atoms with E-state index in [1.165, 1.54) is 4.90 Å². The minimum Gasteiger partial charge on any atom is -0.462 e. The smallest absolute Gasteiger partial charge is 0.344 e. The molecule has 0 saturated heterocycles. The van der Waals surface area contributed by atoms with Crippen LogP contribution in [0.25, 0.3) is 27.9 Å². The molecule has 3 aromatic carbocycles. The number of nitrogens with one attached hydrogen (secondary N) is 1. The van der Waals surface area contributed by atoms with Crippen LogP contribution in [-0.4, -0.2) is 56.3 Å². The number of hydrogen-bond acceptors (Lipinski definition) is 8. The number of nitrogens with zero attached hydrogens (tertiary/aromatic N) is 4. The van der Waals surface area contributed by atoms with Gasteiger partial charge in [-0.1, -0.05) is 24.3 Å². The lowest BCUT2D eigenvalue weighted by atomic mass is 10.1. The summed E-state index contributed by atoms with van der Waals surface area (Å²) in [5.41, 5.74) is 10.5. The number of amides is 3. The molecule has 3 N–H and O–H groups in total. The number of imide groups is 1. The van der Waals surface area contributed by atoms with E-state index in [1.807, 2.05) is 24.3 Å². The molecule has 1 aliphatic rings. The average molecular weight is 563 g/mol. The third-order valence-electron chi connectivity index (χ3n) is 7.05. The zero-order valence-corrected chi connectivity index (χ0v) is 22.7. The second-order valence-corrected chi connectivity index (χ2v) is 9.71. The number of nitrogen functional groups attached to an aromatic ring is 1. The summed E-state index contributed by atoms with van der Waals surface area (Å²) in [5.74, 6) is -1.39. The SMILES string of the molecule is CCOC(=O)c1c(N)n(-c2ccc(NC(=O)CCCN3C(=O)c4ccccc4C3=O)cc2)c2nc3ccccc3nc12. The zero-order valence-electron chi connectivity index (χ0n) is 22.7. The van der Waals surface area contributed by atoms with E-state index in [1.54, 1.807) is 60.0 Å². The predicted octanol–water partition coefficient (Wildman–Crippen LogP) is 4.35. The number of hydrogen-bond donors (Lipinski definition) is 2. The number of ether oxygens (including phenoxy) is 1. The van der Waals surface area contributed by atoms with Gasteiger partial charge in [0.15, 0.2) is 5.65 Å². The lowest BCUT2D eigenvalue weighted by Crippen LogP contribution is -2.31. The third kappa shape index (κ3) is 4.60. The van der Waals surface area contributed by atoms with Crippen LogP contribution in [0, 0.1) is 0 Å².